The Kier molecular flexibility index (Phi) is 4.95. The van der Waals surface area contributed by atoms with Crippen LogP contribution in [0.5, 0.6) is 0 Å². The van der Waals surface area contributed by atoms with E-state index >= 15 is 0 Å². The number of carbonyl (C=O) groups excluding carboxylic acids is 1. The molecule has 1 unspecified atom stereocenters. The quantitative estimate of drug-likeness (QED) is 0.773. The van der Waals surface area contributed by atoms with Gasteiger partial charge in [-0.2, -0.15) is 0 Å². The van der Waals surface area contributed by atoms with Crippen molar-refractivity contribution in [2.24, 2.45) is 0 Å². The van der Waals surface area contributed by atoms with Crippen LogP contribution in [0.15, 0.2) is 0 Å². The van der Waals surface area contributed by atoms with Crippen LogP contribution >= 0.6 is 0 Å². The second kappa shape index (κ2) is 6.04. The van der Waals surface area contributed by atoms with E-state index in [9.17, 15) is 9.59 Å². The van der Waals surface area contributed by atoms with Crippen LogP contribution in [0.25, 0.3) is 0 Å². The molecule has 2 N–H and O–H groups in total. The van der Waals surface area contributed by atoms with Crippen molar-refractivity contribution < 1.29 is 19.4 Å². The lowest BCUT2D eigenvalue weighted by Gasteiger charge is -2.31. The molecule has 1 saturated heterocycles. The highest BCUT2D eigenvalue weighted by molar-refractivity contribution is 5.76. The lowest BCUT2D eigenvalue weighted by atomic mass is 10.0. The first-order valence-electron chi connectivity index (χ1n) is 6.22. The zero-order valence-electron chi connectivity index (χ0n) is 11.2. The molecule has 1 atom stereocenters. The number of ether oxygens (including phenoxy) is 1. The third-order valence-electron chi connectivity index (χ3n) is 3.08. The molecule has 2 amide bonds. The molecule has 1 aliphatic heterocycles. The van der Waals surface area contributed by atoms with Crippen LogP contribution in [0.1, 0.15) is 33.6 Å². The fourth-order valence-corrected chi connectivity index (χ4v) is 1.91. The molecule has 1 aliphatic rings. The molecular weight excluding hydrogens is 236 g/mol. The summed E-state index contributed by atoms with van der Waals surface area (Å²) < 4.78 is 5.27. The summed E-state index contributed by atoms with van der Waals surface area (Å²) in [7, 11) is 0. The number of urea groups is 1. The molecule has 0 aromatic rings. The number of carboxylic acids is 1. The number of nitrogens with one attached hydrogen (secondary N) is 1. The van der Waals surface area contributed by atoms with Gasteiger partial charge >= 0.3 is 12.0 Å². The van der Waals surface area contributed by atoms with Gasteiger partial charge in [-0.1, -0.05) is 0 Å². The molecule has 6 nitrogen and oxygen atoms in total. The van der Waals surface area contributed by atoms with Crippen molar-refractivity contribution in [2.75, 3.05) is 19.8 Å². The summed E-state index contributed by atoms with van der Waals surface area (Å²) in [6.45, 7) is 7.05. The fourth-order valence-electron chi connectivity index (χ4n) is 1.91. The zero-order valence-corrected chi connectivity index (χ0v) is 11.2. The maximum absolute atomic E-state index is 12.1. The second-order valence-electron chi connectivity index (χ2n) is 5.22. The van der Waals surface area contributed by atoms with E-state index in [1.807, 2.05) is 20.8 Å². The molecule has 0 aromatic heterocycles. The zero-order chi connectivity index (χ0) is 13.8. The van der Waals surface area contributed by atoms with Crippen LogP contribution in [0.2, 0.25) is 0 Å². The van der Waals surface area contributed by atoms with E-state index in [-0.39, 0.29) is 30.6 Å². The van der Waals surface area contributed by atoms with E-state index < -0.39 is 5.97 Å². The Morgan fingerprint density at radius 2 is 2.17 bits per heavy atom. The van der Waals surface area contributed by atoms with Gasteiger partial charge in [0.15, 0.2) is 0 Å². The summed E-state index contributed by atoms with van der Waals surface area (Å²) >= 11 is 0. The maximum Gasteiger partial charge on any atom is 0.318 e. The Labute approximate surface area is 107 Å². The number of hydrogen-bond acceptors (Lipinski definition) is 3. The third kappa shape index (κ3) is 4.18. The molecule has 1 rings (SSSR count). The van der Waals surface area contributed by atoms with E-state index in [2.05, 4.69) is 5.32 Å². The highest BCUT2D eigenvalue weighted by Gasteiger charge is 2.33. The molecule has 0 aliphatic carbocycles. The molecular formula is C12H22N2O4. The topological polar surface area (TPSA) is 78.9 Å². The molecule has 0 radical (unpaired) electrons. The minimum atomic E-state index is -0.899. The predicted octanol–water partition coefficient (Wildman–Crippen LogP) is 1.06. The Morgan fingerprint density at radius 1 is 1.50 bits per heavy atom. The van der Waals surface area contributed by atoms with Gasteiger partial charge in [0.25, 0.3) is 0 Å². The number of aliphatic carboxylic acids is 1. The molecule has 1 fully saturated rings. The summed E-state index contributed by atoms with van der Waals surface area (Å²) in [4.78, 5) is 24.2. The van der Waals surface area contributed by atoms with Gasteiger partial charge in [0.1, 0.15) is 0 Å². The smallest absolute Gasteiger partial charge is 0.318 e. The fraction of sp³-hybridized carbons (Fsp3) is 0.833. The maximum atomic E-state index is 12.1. The Bertz CT molecular complexity index is 311. The highest BCUT2D eigenvalue weighted by Crippen LogP contribution is 2.18. The summed E-state index contributed by atoms with van der Waals surface area (Å²) in [6, 6.07) is -0.255. The van der Waals surface area contributed by atoms with E-state index in [0.29, 0.717) is 13.2 Å². The van der Waals surface area contributed by atoms with Gasteiger partial charge in [0, 0.05) is 19.2 Å². The summed E-state index contributed by atoms with van der Waals surface area (Å²) in [5.74, 6) is -0.899. The molecule has 0 bridgehead atoms. The van der Waals surface area contributed by atoms with Gasteiger partial charge in [-0.05, 0) is 27.2 Å². The Balaban J connectivity index is 2.56. The lowest BCUT2D eigenvalue weighted by Crippen LogP contribution is -2.54. The normalized spacial score (nSPS) is 23.1. The van der Waals surface area contributed by atoms with Crippen LogP contribution in [-0.4, -0.2) is 53.3 Å². The molecule has 0 spiro atoms. The molecule has 0 saturated carbocycles. The number of carboxylic acid groups (broad SMARTS) is 1. The van der Waals surface area contributed by atoms with E-state index in [4.69, 9.17) is 9.84 Å². The van der Waals surface area contributed by atoms with Gasteiger partial charge in [-0.3, -0.25) is 4.79 Å². The lowest BCUT2D eigenvalue weighted by molar-refractivity contribution is -0.137. The van der Waals surface area contributed by atoms with Gasteiger partial charge in [-0.15, -0.1) is 0 Å². The van der Waals surface area contributed by atoms with Crippen molar-refractivity contribution in [3.05, 3.63) is 0 Å². The van der Waals surface area contributed by atoms with E-state index in [1.165, 1.54) is 4.90 Å². The monoisotopic (exact) mass is 258 g/mol. The number of carbonyl (C=O) groups is 2. The van der Waals surface area contributed by atoms with Crippen LogP contribution < -0.4 is 5.32 Å². The van der Waals surface area contributed by atoms with Gasteiger partial charge in [0.05, 0.1) is 18.6 Å². The Hall–Kier alpha value is -1.30. The van der Waals surface area contributed by atoms with E-state index in [0.717, 1.165) is 6.42 Å². The van der Waals surface area contributed by atoms with Crippen molar-refractivity contribution in [3.63, 3.8) is 0 Å². The average Bonchev–Trinajstić information content (AvgIpc) is 2.63. The first-order valence-corrected chi connectivity index (χ1v) is 6.22. The van der Waals surface area contributed by atoms with Gasteiger partial charge < -0.3 is 20.1 Å². The largest absolute Gasteiger partial charge is 0.481 e. The molecule has 6 heteroatoms. The standard InChI is InChI=1S/C12H22N2O4/c1-9(2)14(6-4-10(15)16)11(17)13-12(3)5-7-18-8-12/h9H,4-8H2,1-3H3,(H,13,17)(H,15,16). The third-order valence-corrected chi connectivity index (χ3v) is 3.08. The minimum Gasteiger partial charge on any atom is -0.481 e. The van der Waals surface area contributed by atoms with Crippen molar-refractivity contribution in [1.29, 1.82) is 0 Å². The van der Waals surface area contributed by atoms with Crippen LogP contribution in [0.4, 0.5) is 4.79 Å². The van der Waals surface area contributed by atoms with E-state index in [1.54, 1.807) is 0 Å². The number of nitrogens with zero attached hydrogens (tertiary/aromatic N) is 1. The van der Waals surface area contributed by atoms with Crippen LogP contribution in [-0.2, 0) is 9.53 Å². The van der Waals surface area contributed by atoms with Gasteiger partial charge in [-0.25, -0.2) is 4.79 Å². The Morgan fingerprint density at radius 3 is 2.61 bits per heavy atom. The van der Waals surface area contributed by atoms with Crippen molar-refractivity contribution in [2.45, 2.75) is 45.2 Å². The second-order valence-corrected chi connectivity index (χ2v) is 5.22. The van der Waals surface area contributed by atoms with Crippen molar-refractivity contribution >= 4 is 12.0 Å². The minimum absolute atomic E-state index is 0.0322. The first kappa shape index (κ1) is 14.8. The SMILES string of the molecule is CC(C)N(CCC(=O)O)C(=O)NC1(C)CCOC1. The average molecular weight is 258 g/mol. The number of rotatable bonds is 5. The first-order chi connectivity index (χ1) is 8.34. The molecule has 18 heavy (non-hydrogen) atoms. The van der Waals surface area contributed by atoms with Crippen molar-refractivity contribution in [1.82, 2.24) is 10.2 Å². The molecule has 1 heterocycles. The van der Waals surface area contributed by atoms with Crippen molar-refractivity contribution in [3.8, 4) is 0 Å². The summed E-state index contributed by atoms with van der Waals surface area (Å²) in [5.41, 5.74) is -0.340. The van der Waals surface area contributed by atoms with Crippen LogP contribution in [0.3, 0.4) is 0 Å². The molecule has 0 aromatic carbocycles. The highest BCUT2D eigenvalue weighted by atomic mass is 16.5. The summed E-state index contributed by atoms with van der Waals surface area (Å²) in [5, 5.41) is 11.6. The number of hydrogen-bond donors (Lipinski definition) is 2. The molecule has 104 valence electrons. The predicted molar refractivity (Wildman–Crippen MR) is 66.5 cm³/mol. The van der Waals surface area contributed by atoms with Crippen LogP contribution in [0, 0.1) is 0 Å². The number of amides is 2. The van der Waals surface area contributed by atoms with Gasteiger partial charge in [0.2, 0.25) is 0 Å². The summed E-state index contributed by atoms with van der Waals surface area (Å²) in [6.07, 6.45) is 0.739.